The number of benzene rings is 1. The Balaban J connectivity index is 1.50. The average molecular weight is 477 g/mol. The van der Waals surface area contributed by atoms with Crippen LogP contribution < -0.4 is 10.6 Å². The topological polar surface area (TPSA) is 122 Å². The molecule has 2 amide bonds. The molecule has 9 nitrogen and oxygen atoms in total. The lowest BCUT2D eigenvalue weighted by molar-refractivity contribution is -0.114. The van der Waals surface area contributed by atoms with Crippen molar-refractivity contribution in [2.75, 3.05) is 11.9 Å². The highest BCUT2D eigenvalue weighted by Crippen LogP contribution is 2.21. The van der Waals surface area contributed by atoms with E-state index in [1.54, 1.807) is 56.6 Å². The Bertz CT molecular complexity index is 1400. The Kier molecular flexibility index (Phi) is 6.57. The molecule has 0 bridgehead atoms. The first-order chi connectivity index (χ1) is 16.6. The van der Waals surface area contributed by atoms with Gasteiger partial charge in [-0.05, 0) is 49.7 Å². The van der Waals surface area contributed by atoms with Crippen molar-refractivity contribution in [2.45, 2.75) is 32.8 Å². The van der Waals surface area contributed by atoms with Crippen LogP contribution in [0.15, 0.2) is 54.9 Å². The first kappa shape index (κ1) is 24.0. The van der Waals surface area contributed by atoms with Crippen LogP contribution in [0.25, 0.3) is 16.9 Å². The van der Waals surface area contributed by atoms with E-state index in [1.165, 1.54) is 23.6 Å². The van der Waals surface area contributed by atoms with E-state index >= 15 is 0 Å². The highest BCUT2D eigenvalue weighted by Gasteiger charge is 2.23. The Morgan fingerprint density at radius 2 is 1.91 bits per heavy atom. The van der Waals surface area contributed by atoms with Gasteiger partial charge in [0.25, 0.3) is 5.91 Å². The van der Waals surface area contributed by atoms with Crippen LogP contribution in [-0.4, -0.2) is 48.6 Å². The fourth-order valence-electron chi connectivity index (χ4n) is 3.65. The molecule has 1 unspecified atom stereocenters. The second-order valence-electron chi connectivity index (χ2n) is 8.67. The minimum absolute atomic E-state index is 0.00194. The van der Waals surface area contributed by atoms with Crippen LogP contribution in [0.5, 0.6) is 0 Å². The number of rotatable bonds is 7. The molecule has 3 N–H and O–H groups in total. The zero-order valence-electron chi connectivity index (χ0n) is 19.5. The van der Waals surface area contributed by atoms with E-state index in [2.05, 4.69) is 25.7 Å². The summed E-state index contributed by atoms with van der Waals surface area (Å²) in [5, 5.41) is 20.6. The summed E-state index contributed by atoms with van der Waals surface area (Å²) < 4.78 is 14.7. The Hall–Kier alpha value is -4.18. The Morgan fingerprint density at radius 3 is 2.63 bits per heavy atom. The third-order valence-corrected chi connectivity index (χ3v) is 5.38. The molecule has 0 saturated heterocycles. The van der Waals surface area contributed by atoms with Gasteiger partial charge < -0.3 is 15.7 Å². The molecule has 0 fully saturated rings. The van der Waals surface area contributed by atoms with Crippen LogP contribution in [0.1, 0.15) is 35.5 Å². The van der Waals surface area contributed by atoms with Crippen molar-refractivity contribution in [1.82, 2.24) is 24.9 Å². The van der Waals surface area contributed by atoms with Crippen LogP contribution in [-0.2, 0) is 11.2 Å². The van der Waals surface area contributed by atoms with Gasteiger partial charge >= 0.3 is 0 Å². The van der Waals surface area contributed by atoms with Gasteiger partial charge in [0.15, 0.2) is 11.5 Å². The number of hydrogen-bond acceptors (Lipinski definition) is 6. The lowest BCUT2D eigenvalue weighted by Gasteiger charge is -2.24. The zero-order chi connectivity index (χ0) is 25.2. The standard InChI is InChI=1S/C25H25FN6O3/c1-15-20(24(34)28-14-25(3,35)11-17-4-6-19(26)7-5-17)10-18(12-27-15)21-8-9-23-30-22(29-16(2)33)13-32(23)31-21/h4-10,12-13,35H,11,14H2,1-3H3,(H,28,34)(H,29,33). The highest BCUT2D eigenvalue weighted by atomic mass is 19.1. The van der Waals surface area contributed by atoms with Gasteiger partial charge in [0.1, 0.15) is 5.82 Å². The lowest BCUT2D eigenvalue weighted by Crippen LogP contribution is -2.42. The van der Waals surface area contributed by atoms with E-state index in [0.29, 0.717) is 34.0 Å². The van der Waals surface area contributed by atoms with E-state index in [0.717, 1.165) is 5.56 Å². The molecule has 0 aliphatic rings. The predicted molar refractivity (Wildman–Crippen MR) is 128 cm³/mol. The van der Waals surface area contributed by atoms with Crippen molar-refractivity contribution in [3.05, 3.63) is 77.5 Å². The minimum atomic E-state index is -1.23. The number of aliphatic hydroxyl groups is 1. The lowest BCUT2D eigenvalue weighted by atomic mass is 9.96. The second kappa shape index (κ2) is 9.59. The number of anilines is 1. The normalized spacial score (nSPS) is 12.8. The van der Waals surface area contributed by atoms with Gasteiger partial charge in [0, 0.05) is 31.6 Å². The van der Waals surface area contributed by atoms with Gasteiger partial charge in [0.05, 0.1) is 28.7 Å². The number of hydrogen-bond donors (Lipinski definition) is 3. The number of amides is 2. The van der Waals surface area contributed by atoms with Gasteiger partial charge in [-0.1, -0.05) is 12.1 Å². The highest BCUT2D eigenvalue weighted by molar-refractivity contribution is 5.96. The van der Waals surface area contributed by atoms with Crippen molar-refractivity contribution in [1.29, 1.82) is 0 Å². The average Bonchev–Trinajstić information content (AvgIpc) is 3.20. The van der Waals surface area contributed by atoms with E-state index < -0.39 is 5.60 Å². The number of nitrogens with one attached hydrogen (secondary N) is 2. The van der Waals surface area contributed by atoms with Crippen LogP contribution >= 0.6 is 0 Å². The Morgan fingerprint density at radius 1 is 1.17 bits per heavy atom. The molecule has 35 heavy (non-hydrogen) atoms. The molecular weight excluding hydrogens is 451 g/mol. The maximum Gasteiger partial charge on any atom is 0.253 e. The quantitative estimate of drug-likeness (QED) is 0.377. The zero-order valence-corrected chi connectivity index (χ0v) is 19.5. The van der Waals surface area contributed by atoms with Crippen molar-refractivity contribution >= 4 is 23.3 Å². The van der Waals surface area contributed by atoms with Gasteiger partial charge in [-0.2, -0.15) is 5.10 Å². The summed E-state index contributed by atoms with van der Waals surface area (Å²) in [5.41, 5.74) is 2.15. The second-order valence-corrected chi connectivity index (χ2v) is 8.67. The molecule has 4 rings (SSSR count). The summed E-state index contributed by atoms with van der Waals surface area (Å²) in [5.74, 6) is -0.576. The van der Waals surface area contributed by atoms with Gasteiger partial charge in [-0.15, -0.1) is 0 Å². The molecule has 1 atom stereocenters. The molecule has 0 aliphatic carbocycles. The summed E-state index contributed by atoms with van der Waals surface area (Å²) >= 11 is 0. The van der Waals surface area contributed by atoms with Crippen LogP contribution in [0, 0.1) is 12.7 Å². The summed E-state index contributed by atoms with van der Waals surface area (Å²) in [4.78, 5) is 32.8. The number of carbonyl (C=O) groups is 2. The predicted octanol–water partition coefficient (Wildman–Crippen LogP) is 2.92. The molecule has 1 aromatic carbocycles. The molecule has 0 saturated carbocycles. The maximum atomic E-state index is 13.1. The molecule has 0 aliphatic heterocycles. The number of halogens is 1. The summed E-state index contributed by atoms with van der Waals surface area (Å²) in [6.07, 6.45) is 3.47. The van der Waals surface area contributed by atoms with Gasteiger partial charge in [-0.3, -0.25) is 14.6 Å². The van der Waals surface area contributed by atoms with Gasteiger partial charge in [-0.25, -0.2) is 13.9 Å². The number of aryl methyl sites for hydroxylation is 1. The SMILES string of the molecule is CC(=O)Nc1cn2nc(-c3cnc(C)c(C(=O)NCC(C)(O)Cc4ccc(F)cc4)c3)ccc2n1. The number of nitrogens with zero attached hydrogens (tertiary/aromatic N) is 4. The fraction of sp³-hybridized carbons (Fsp3) is 0.240. The summed E-state index contributed by atoms with van der Waals surface area (Å²) in [6.45, 7) is 4.73. The molecule has 0 spiro atoms. The van der Waals surface area contributed by atoms with Crippen LogP contribution in [0.4, 0.5) is 10.2 Å². The molecule has 10 heteroatoms. The van der Waals surface area contributed by atoms with Crippen molar-refractivity contribution in [3.8, 4) is 11.3 Å². The molecule has 3 heterocycles. The first-order valence-corrected chi connectivity index (χ1v) is 11.0. The number of fused-ring (bicyclic) bond motifs is 1. The molecule has 0 radical (unpaired) electrons. The minimum Gasteiger partial charge on any atom is -0.388 e. The van der Waals surface area contributed by atoms with E-state index in [9.17, 15) is 19.1 Å². The third kappa shape index (κ3) is 5.85. The van der Waals surface area contributed by atoms with Gasteiger partial charge in [0.2, 0.25) is 5.91 Å². The van der Waals surface area contributed by atoms with E-state index in [1.807, 2.05) is 0 Å². The fourth-order valence-corrected chi connectivity index (χ4v) is 3.65. The molecular formula is C25H25FN6O3. The van der Waals surface area contributed by atoms with Crippen molar-refractivity contribution < 1.29 is 19.1 Å². The van der Waals surface area contributed by atoms with Crippen molar-refractivity contribution in [2.24, 2.45) is 0 Å². The maximum absolute atomic E-state index is 13.1. The Labute approximate surface area is 201 Å². The first-order valence-electron chi connectivity index (χ1n) is 11.0. The number of aromatic nitrogens is 4. The molecule has 180 valence electrons. The smallest absolute Gasteiger partial charge is 0.253 e. The van der Waals surface area contributed by atoms with Crippen LogP contribution in [0.2, 0.25) is 0 Å². The third-order valence-electron chi connectivity index (χ3n) is 5.38. The van der Waals surface area contributed by atoms with Crippen molar-refractivity contribution in [3.63, 3.8) is 0 Å². The van der Waals surface area contributed by atoms with E-state index in [-0.39, 0.29) is 30.6 Å². The number of carbonyl (C=O) groups excluding carboxylic acids is 2. The monoisotopic (exact) mass is 476 g/mol. The molecule has 3 aromatic heterocycles. The number of imidazole rings is 1. The molecule has 4 aromatic rings. The summed E-state index contributed by atoms with van der Waals surface area (Å²) in [7, 11) is 0. The van der Waals surface area contributed by atoms with Crippen LogP contribution in [0.3, 0.4) is 0 Å². The van der Waals surface area contributed by atoms with E-state index in [4.69, 9.17) is 0 Å². The largest absolute Gasteiger partial charge is 0.388 e. The number of pyridine rings is 1. The summed E-state index contributed by atoms with van der Waals surface area (Å²) in [6, 6.07) is 11.1.